The number of hydrogen-bond acceptors (Lipinski definition) is 4. The third-order valence-electron chi connectivity index (χ3n) is 6.67. The minimum Gasteiger partial charge on any atom is -0.478 e. The first-order chi connectivity index (χ1) is 16.7. The van der Waals surface area contributed by atoms with E-state index in [2.05, 4.69) is 35.2 Å². The Hall–Kier alpha value is -3.12. The van der Waals surface area contributed by atoms with Crippen LogP contribution in [0.3, 0.4) is 0 Å². The van der Waals surface area contributed by atoms with Gasteiger partial charge in [0.05, 0.1) is 0 Å². The average Bonchev–Trinajstić information content (AvgIpc) is 3.59. The first kappa shape index (κ1) is 25.0. The third-order valence-corrected chi connectivity index (χ3v) is 6.67. The molecule has 2 atom stereocenters. The number of rotatable bonds is 7. The fourth-order valence-corrected chi connectivity index (χ4v) is 4.99. The Kier molecular flexibility index (Phi) is 7.60. The SMILES string of the molecule is CC(C)(C)OC(=O)N(C1CCN(Cc2cccc(C=CC(=O)O)c2)CC1)C1CC1c1ccccc1. The van der Waals surface area contributed by atoms with Crippen LogP contribution in [0, 0.1) is 0 Å². The Morgan fingerprint density at radius 3 is 2.46 bits per heavy atom. The van der Waals surface area contributed by atoms with Crippen molar-refractivity contribution < 1.29 is 19.4 Å². The molecule has 0 spiro atoms. The molecule has 1 heterocycles. The van der Waals surface area contributed by atoms with E-state index in [0.29, 0.717) is 5.92 Å². The number of carbonyl (C=O) groups excluding carboxylic acids is 1. The van der Waals surface area contributed by atoms with E-state index in [1.54, 1.807) is 6.08 Å². The maximum absolute atomic E-state index is 13.3. The van der Waals surface area contributed by atoms with Crippen molar-refractivity contribution in [2.24, 2.45) is 0 Å². The second kappa shape index (κ2) is 10.6. The van der Waals surface area contributed by atoms with Gasteiger partial charge in [0.1, 0.15) is 5.60 Å². The summed E-state index contributed by atoms with van der Waals surface area (Å²) < 4.78 is 5.84. The van der Waals surface area contributed by atoms with Gasteiger partial charge in [-0.1, -0.05) is 54.6 Å². The molecule has 2 unspecified atom stereocenters. The summed E-state index contributed by atoms with van der Waals surface area (Å²) in [6.07, 6.45) is 5.40. The molecule has 0 radical (unpaired) electrons. The lowest BCUT2D eigenvalue weighted by Crippen LogP contribution is -2.50. The molecule has 6 heteroatoms. The first-order valence-electron chi connectivity index (χ1n) is 12.5. The van der Waals surface area contributed by atoms with E-state index < -0.39 is 11.6 Å². The van der Waals surface area contributed by atoms with E-state index in [9.17, 15) is 9.59 Å². The van der Waals surface area contributed by atoms with E-state index in [4.69, 9.17) is 9.84 Å². The van der Waals surface area contributed by atoms with Gasteiger partial charge >= 0.3 is 12.1 Å². The van der Waals surface area contributed by atoms with Crippen molar-refractivity contribution in [1.82, 2.24) is 9.80 Å². The van der Waals surface area contributed by atoms with Crippen LogP contribution in [0.2, 0.25) is 0 Å². The molecule has 1 saturated heterocycles. The normalized spacial score (nSPS) is 21.1. The standard InChI is InChI=1S/C29H36N2O4/c1-29(2,3)35-28(34)31(26-19-25(26)23-10-5-4-6-11-23)24-14-16-30(17-15-24)20-22-9-7-8-21(18-22)12-13-27(32)33/h4-13,18,24-26H,14-17,19-20H2,1-3H3,(H,32,33). The van der Waals surface area contributed by atoms with Crippen molar-refractivity contribution >= 4 is 18.1 Å². The highest BCUT2D eigenvalue weighted by molar-refractivity contribution is 5.85. The number of nitrogens with zero attached hydrogens (tertiary/aromatic N) is 2. The molecule has 2 aliphatic rings. The molecule has 1 amide bonds. The van der Waals surface area contributed by atoms with Crippen LogP contribution in [-0.2, 0) is 16.1 Å². The van der Waals surface area contributed by atoms with Crippen molar-refractivity contribution in [3.05, 3.63) is 77.4 Å². The van der Waals surface area contributed by atoms with E-state index in [0.717, 1.165) is 56.1 Å². The molecule has 0 bridgehead atoms. The topological polar surface area (TPSA) is 70.1 Å². The number of piperidine rings is 1. The fourth-order valence-electron chi connectivity index (χ4n) is 4.99. The quantitative estimate of drug-likeness (QED) is 0.531. The number of hydrogen-bond donors (Lipinski definition) is 1. The predicted molar refractivity (Wildman–Crippen MR) is 137 cm³/mol. The largest absolute Gasteiger partial charge is 0.478 e. The molecule has 2 aromatic carbocycles. The lowest BCUT2D eigenvalue weighted by molar-refractivity contribution is -0.131. The van der Waals surface area contributed by atoms with Gasteiger partial charge < -0.3 is 14.7 Å². The van der Waals surface area contributed by atoms with Crippen LogP contribution in [0.1, 0.15) is 62.6 Å². The van der Waals surface area contributed by atoms with Crippen LogP contribution in [0.25, 0.3) is 6.08 Å². The second-order valence-electron chi connectivity index (χ2n) is 10.6. The number of aliphatic carboxylic acids is 1. The van der Waals surface area contributed by atoms with Gasteiger partial charge in [-0.25, -0.2) is 9.59 Å². The predicted octanol–water partition coefficient (Wildman–Crippen LogP) is 5.54. The summed E-state index contributed by atoms with van der Waals surface area (Å²) >= 11 is 0. The van der Waals surface area contributed by atoms with Gasteiger partial charge in [0.15, 0.2) is 0 Å². The van der Waals surface area contributed by atoms with Crippen LogP contribution in [0.15, 0.2) is 60.7 Å². The lowest BCUT2D eigenvalue weighted by Gasteiger charge is -2.39. The molecule has 6 nitrogen and oxygen atoms in total. The molecular formula is C29H36N2O4. The number of likely N-dealkylation sites (tertiary alicyclic amines) is 1. The van der Waals surface area contributed by atoms with Crippen molar-refractivity contribution in [2.45, 2.75) is 70.2 Å². The van der Waals surface area contributed by atoms with Gasteiger partial charge in [-0.15, -0.1) is 0 Å². The van der Waals surface area contributed by atoms with E-state index in [-0.39, 0.29) is 18.2 Å². The average molecular weight is 477 g/mol. The minimum atomic E-state index is -0.947. The van der Waals surface area contributed by atoms with Crippen LogP contribution >= 0.6 is 0 Å². The third kappa shape index (κ3) is 6.95. The van der Waals surface area contributed by atoms with Crippen LogP contribution < -0.4 is 0 Å². The van der Waals surface area contributed by atoms with Crippen molar-refractivity contribution in [3.8, 4) is 0 Å². The van der Waals surface area contributed by atoms with E-state index in [1.807, 2.05) is 49.9 Å². The summed E-state index contributed by atoms with van der Waals surface area (Å²) in [4.78, 5) is 28.5. The highest BCUT2D eigenvalue weighted by atomic mass is 16.6. The van der Waals surface area contributed by atoms with E-state index in [1.165, 1.54) is 5.56 Å². The van der Waals surface area contributed by atoms with E-state index >= 15 is 0 Å². The van der Waals surface area contributed by atoms with Crippen LogP contribution in [0.4, 0.5) is 4.79 Å². The van der Waals surface area contributed by atoms with Gasteiger partial charge in [-0.05, 0) is 62.8 Å². The summed E-state index contributed by atoms with van der Waals surface area (Å²) in [7, 11) is 0. The molecule has 35 heavy (non-hydrogen) atoms. The smallest absolute Gasteiger partial charge is 0.410 e. The number of carbonyl (C=O) groups is 2. The molecule has 1 N–H and O–H groups in total. The summed E-state index contributed by atoms with van der Waals surface area (Å²) in [5, 5.41) is 8.87. The number of ether oxygens (including phenoxy) is 1. The molecular weight excluding hydrogens is 440 g/mol. The van der Waals surface area contributed by atoms with Crippen molar-refractivity contribution in [2.75, 3.05) is 13.1 Å². The zero-order valence-corrected chi connectivity index (χ0v) is 20.9. The second-order valence-corrected chi connectivity index (χ2v) is 10.6. The Labute approximate surface area is 208 Å². The Bertz CT molecular complexity index is 1050. The van der Waals surface area contributed by atoms with Gasteiger partial charge in [0, 0.05) is 43.7 Å². The maximum Gasteiger partial charge on any atom is 0.410 e. The first-order valence-corrected chi connectivity index (χ1v) is 12.5. The summed E-state index contributed by atoms with van der Waals surface area (Å²) in [5.41, 5.74) is 2.82. The number of carboxylic acid groups (broad SMARTS) is 1. The number of amides is 1. The highest BCUT2D eigenvalue weighted by Gasteiger charge is 2.48. The minimum absolute atomic E-state index is 0.171. The zero-order chi connectivity index (χ0) is 25.0. The van der Waals surface area contributed by atoms with Crippen molar-refractivity contribution in [3.63, 3.8) is 0 Å². The maximum atomic E-state index is 13.3. The van der Waals surface area contributed by atoms with Gasteiger partial charge in [0.25, 0.3) is 0 Å². The zero-order valence-electron chi connectivity index (χ0n) is 20.9. The number of benzene rings is 2. The molecule has 2 aromatic rings. The molecule has 1 saturated carbocycles. The number of carboxylic acids is 1. The van der Waals surface area contributed by atoms with Crippen LogP contribution in [-0.4, -0.2) is 57.7 Å². The lowest BCUT2D eigenvalue weighted by atomic mass is 10.0. The Morgan fingerprint density at radius 2 is 1.80 bits per heavy atom. The van der Waals surface area contributed by atoms with Crippen molar-refractivity contribution in [1.29, 1.82) is 0 Å². The summed E-state index contributed by atoms with van der Waals surface area (Å²) in [5.74, 6) is -0.569. The van der Waals surface area contributed by atoms with Gasteiger partial charge in [0.2, 0.25) is 0 Å². The molecule has 0 aromatic heterocycles. The van der Waals surface area contributed by atoms with Crippen LogP contribution in [0.5, 0.6) is 0 Å². The Balaban J connectivity index is 1.40. The highest BCUT2D eigenvalue weighted by Crippen LogP contribution is 2.46. The summed E-state index contributed by atoms with van der Waals surface area (Å²) in [6, 6.07) is 18.8. The molecule has 1 aliphatic carbocycles. The molecule has 1 aliphatic heterocycles. The van der Waals surface area contributed by atoms with Gasteiger partial charge in [-0.2, -0.15) is 0 Å². The Morgan fingerprint density at radius 1 is 1.09 bits per heavy atom. The molecule has 2 fully saturated rings. The molecule has 186 valence electrons. The molecule has 4 rings (SSSR count). The summed E-state index contributed by atoms with van der Waals surface area (Å²) in [6.45, 7) is 8.39. The monoisotopic (exact) mass is 476 g/mol. The van der Waals surface area contributed by atoms with Gasteiger partial charge in [-0.3, -0.25) is 4.90 Å². The fraction of sp³-hybridized carbons (Fsp3) is 0.448.